The first kappa shape index (κ1) is 16.6. The lowest BCUT2D eigenvalue weighted by Gasteiger charge is -2.15. The maximum absolute atomic E-state index is 13.8. The topological polar surface area (TPSA) is 69.0 Å². The lowest BCUT2D eigenvalue weighted by molar-refractivity contribution is 0.0940. The van der Waals surface area contributed by atoms with E-state index in [2.05, 4.69) is 15.4 Å². The zero-order valence-electron chi connectivity index (χ0n) is 13.8. The first-order chi connectivity index (χ1) is 12.1. The number of carbonyl (C=O) groups excluding carboxylic acids is 1. The SMILES string of the molecule is COc1ccc(C(C)NC(=O)c2ccc(-n3cncn3)cc2)cc1F. The number of hydrogen-bond acceptors (Lipinski definition) is 4. The monoisotopic (exact) mass is 340 g/mol. The number of carbonyl (C=O) groups is 1. The minimum absolute atomic E-state index is 0.172. The first-order valence-electron chi connectivity index (χ1n) is 7.68. The van der Waals surface area contributed by atoms with Crippen LogP contribution in [0.5, 0.6) is 5.75 Å². The third kappa shape index (κ3) is 3.65. The minimum Gasteiger partial charge on any atom is -0.494 e. The van der Waals surface area contributed by atoms with Crippen LogP contribution in [0.3, 0.4) is 0 Å². The average Bonchev–Trinajstić information content (AvgIpc) is 3.16. The molecule has 1 atom stereocenters. The fourth-order valence-corrected chi connectivity index (χ4v) is 2.42. The quantitative estimate of drug-likeness (QED) is 0.775. The molecule has 0 radical (unpaired) electrons. The molecule has 6 nitrogen and oxygen atoms in total. The van der Waals surface area contributed by atoms with Gasteiger partial charge in [-0.05, 0) is 48.9 Å². The molecule has 25 heavy (non-hydrogen) atoms. The molecule has 0 fully saturated rings. The van der Waals surface area contributed by atoms with Crippen LogP contribution in [-0.4, -0.2) is 27.8 Å². The summed E-state index contributed by atoms with van der Waals surface area (Å²) in [6.45, 7) is 1.79. The zero-order chi connectivity index (χ0) is 17.8. The van der Waals surface area contributed by atoms with E-state index in [4.69, 9.17) is 4.74 Å². The van der Waals surface area contributed by atoms with Crippen molar-refractivity contribution >= 4 is 5.91 Å². The number of halogens is 1. The van der Waals surface area contributed by atoms with Crippen LogP contribution in [-0.2, 0) is 0 Å². The summed E-state index contributed by atoms with van der Waals surface area (Å²) in [7, 11) is 1.41. The van der Waals surface area contributed by atoms with Crippen LogP contribution >= 0.6 is 0 Å². The molecular formula is C18H17FN4O2. The van der Waals surface area contributed by atoms with Crippen LogP contribution in [0.4, 0.5) is 4.39 Å². The zero-order valence-corrected chi connectivity index (χ0v) is 13.8. The first-order valence-corrected chi connectivity index (χ1v) is 7.68. The third-order valence-corrected chi connectivity index (χ3v) is 3.84. The maximum Gasteiger partial charge on any atom is 0.251 e. The fraction of sp³-hybridized carbons (Fsp3) is 0.167. The molecule has 0 spiro atoms. The van der Waals surface area contributed by atoms with Crippen LogP contribution in [0.1, 0.15) is 28.9 Å². The second-order valence-corrected chi connectivity index (χ2v) is 5.48. The van der Waals surface area contributed by atoms with Gasteiger partial charge in [-0.1, -0.05) is 6.07 Å². The van der Waals surface area contributed by atoms with Crippen molar-refractivity contribution in [3.63, 3.8) is 0 Å². The molecule has 3 aromatic rings. The Morgan fingerprint density at radius 1 is 1.24 bits per heavy atom. The van der Waals surface area contributed by atoms with E-state index in [9.17, 15) is 9.18 Å². The summed E-state index contributed by atoms with van der Waals surface area (Å²) in [5.41, 5.74) is 1.97. The Kier molecular flexibility index (Phi) is 4.74. The van der Waals surface area contributed by atoms with E-state index in [1.54, 1.807) is 54.3 Å². The Morgan fingerprint density at radius 3 is 2.60 bits per heavy atom. The number of nitrogens with one attached hydrogen (secondary N) is 1. The van der Waals surface area contributed by atoms with E-state index < -0.39 is 5.82 Å². The predicted molar refractivity (Wildman–Crippen MR) is 90.2 cm³/mol. The summed E-state index contributed by atoms with van der Waals surface area (Å²) < 4.78 is 20.3. The summed E-state index contributed by atoms with van der Waals surface area (Å²) in [6, 6.07) is 11.2. The molecule has 1 heterocycles. The number of hydrogen-bond donors (Lipinski definition) is 1. The van der Waals surface area contributed by atoms with Crippen molar-refractivity contribution in [1.82, 2.24) is 20.1 Å². The molecule has 1 amide bonds. The van der Waals surface area contributed by atoms with Gasteiger partial charge in [0.1, 0.15) is 12.7 Å². The normalized spacial score (nSPS) is 11.8. The molecule has 0 bridgehead atoms. The van der Waals surface area contributed by atoms with Gasteiger partial charge in [0.05, 0.1) is 18.8 Å². The predicted octanol–water partition coefficient (Wildman–Crippen LogP) is 2.91. The van der Waals surface area contributed by atoms with Crippen molar-refractivity contribution in [3.8, 4) is 11.4 Å². The van der Waals surface area contributed by atoms with Crippen LogP contribution in [0.15, 0.2) is 55.1 Å². The molecule has 2 aromatic carbocycles. The largest absolute Gasteiger partial charge is 0.494 e. The molecule has 1 unspecified atom stereocenters. The van der Waals surface area contributed by atoms with Gasteiger partial charge in [0.25, 0.3) is 5.91 Å². The summed E-state index contributed by atoms with van der Waals surface area (Å²) in [5, 5.41) is 6.88. The third-order valence-electron chi connectivity index (χ3n) is 3.84. The number of rotatable bonds is 5. The van der Waals surface area contributed by atoms with E-state index in [-0.39, 0.29) is 17.7 Å². The van der Waals surface area contributed by atoms with Crippen LogP contribution in [0, 0.1) is 5.82 Å². The van der Waals surface area contributed by atoms with Crippen molar-refractivity contribution < 1.29 is 13.9 Å². The van der Waals surface area contributed by atoms with Crippen molar-refractivity contribution in [2.45, 2.75) is 13.0 Å². The molecule has 7 heteroatoms. The summed E-state index contributed by atoms with van der Waals surface area (Å²) in [4.78, 5) is 16.3. The Labute approximate surface area is 144 Å². The van der Waals surface area contributed by atoms with Crippen molar-refractivity contribution in [3.05, 3.63) is 72.1 Å². The van der Waals surface area contributed by atoms with E-state index >= 15 is 0 Å². The number of ether oxygens (including phenoxy) is 1. The molecule has 0 aliphatic rings. The van der Waals surface area contributed by atoms with Gasteiger partial charge in [-0.3, -0.25) is 4.79 Å². The lowest BCUT2D eigenvalue weighted by atomic mass is 10.1. The van der Waals surface area contributed by atoms with Crippen LogP contribution < -0.4 is 10.1 Å². The standard InChI is InChI=1S/C18H17FN4O2/c1-12(14-5-8-17(25-2)16(19)9-14)22-18(24)13-3-6-15(7-4-13)23-11-20-10-21-23/h3-12H,1-2H3,(H,22,24). The fourth-order valence-electron chi connectivity index (χ4n) is 2.42. The second-order valence-electron chi connectivity index (χ2n) is 5.48. The number of methoxy groups -OCH3 is 1. The molecule has 0 aliphatic heterocycles. The number of benzene rings is 2. The van der Waals surface area contributed by atoms with Crippen LogP contribution in [0.2, 0.25) is 0 Å². The maximum atomic E-state index is 13.8. The van der Waals surface area contributed by atoms with Gasteiger partial charge >= 0.3 is 0 Å². The molecule has 1 aromatic heterocycles. The Hall–Kier alpha value is -3.22. The van der Waals surface area contributed by atoms with Gasteiger partial charge in [0.2, 0.25) is 0 Å². The van der Waals surface area contributed by atoms with Gasteiger partial charge in [0, 0.05) is 5.56 Å². The molecule has 1 N–H and O–H groups in total. The van der Waals surface area contributed by atoms with Crippen molar-refractivity contribution in [1.29, 1.82) is 0 Å². The lowest BCUT2D eigenvalue weighted by Crippen LogP contribution is -2.26. The van der Waals surface area contributed by atoms with Gasteiger partial charge in [-0.15, -0.1) is 0 Å². The highest BCUT2D eigenvalue weighted by atomic mass is 19.1. The van der Waals surface area contributed by atoms with Crippen LogP contribution in [0.25, 0.3) is 5.69 Å². The van der Waals surface area contributed by atoms with E-state index in [1.807, 2.05) is 0 Å². The Morgan fingerprint density at radius 2 is 2.00 bits per heavy atom. The second kappa shape index (κ2) is 7.12. The van der Waals surface area contributed by atoms with E-state index in [0.29, 0.717) is 11.1 Å². The average molecular weight is 340 g/mol. The van der Waals surface area contributed by atoms with Gasteiger partial charge in [-0.25, -0.2) is 14.1 Å². The molecular weight excluding hydrogens is 323 g/mol. The molecule has 0 saturated heterocycles. The Balaban J connectivity index is 1.70. The highest BCUT2D eigenvalue weighted by molar-refractivity contribution is 5.94. The van der Waals surface area contributed by atoms with Gasteiger partial charge in [0.15, 0.2) is 11.6 Å². The Bertz CT molecular complexity index is 863. The molecule has 0 saturated carbocycles. The highest BCUT2D eigenvalue weighted by Gasteiger charge is 2.14. The van der Waals surface area contributed by atoms with Crippen molar-refractivity contribution in [2.75, 3.05) is 7.11 Å². The van der Waals surface area contributed by atoms with Crippen molar-refractivity contribution in [2.24, 2.45) is 0 Å². The highest BCUT2D eigenvalue weighted by Crippen LogP contribution is 2.22. The minimum atomic E-state index is -0.460. The molecule has 0 aliphatic carbocycles. The number of aromatic nitrogens is 3. The number of amides is 1. The summed E-state index contributed by atoms with van der Waals surface area (Å²) >= 11 is 0. The smallest absolute Gasteiger partial charge is 0.251 e. The van der Waals surface area contributed by atoms with Gasteiger partial charge < -0.3 is 10.1 Å². The van der Waals surface area contributed by atoms with Gasteiger partial charge in [-0.2, -0.15) is 5.10 Å². The summed E-state index contributed by atoms with van der Waals surface area (Å²) in [5.74, 6) is -0.530. The molecule has 3 rings (SSSR count). The molecule has 128 valence electrons. The van der Waals surface area contributed by atoms with E-state index in [0.717, 1.165) is 5.69 Å². The summed E-state index contributed by atoms with van der Waals surface area (Å²) in [6.07, 6.45) is 3.02. The number of nitrogens with zero attached hydrogens (tertiary/aromatic N) is 3. The van der Waals surface area contributed by atoms with E-state index in [1.165, 1.54) is 19.5 Å².